The Balaban J connectivity index is 1.60. The second kappa shape index (κ2) is 6.32. The lowest BCUT2D eigenvalue weighted by Gasteiger charge is -2.60. The first-order chi connectivity index (χ1) is 11.7. The van der Waals surface area contributed by atoms with Gasteiger partial charge in [-0.25, -0.2) is 9.59 Å². The van der Waals surface area contributed by atoms with Gasteiger partial charge in [-0.3, -0.25) is 0 Å². The standard InChI is InChI=1S/C18H23F3O4/c1-3-17(13-5-11-4-12(7-13)8-14(17)6-11)25-15(22)9-24-16(23)10(2)18(19,20)21/h11-14H,2-9H2,1H3. The molecule has 0 spiro atoms. The molecule has 0 saturated heterocycles. The quantitative estimate of drug-likeness (QED) is 0.553. The topological polar surface area (TPSA) is 52.6 Å². The van der Waals surface area contributed by atoms with Crippen LogP contribution >= 0.6 is 0 Å². The summed E-state index contributed by atoms with van der Waals surface area (Å²) in [5, 5.41) is 0. The van der Waals surface area contributed by atoms with E-state index < -0.39 is 35.9 Å². The van der Waals surface area contributed by atoms with Crippen LogP contribution in [0.1, 0.15) is 45.4 Å². The van der Waals surface area contributed by atoms with Gasteiger partial charge in [0.25, 0.3) is 0 Å². The molecule has 0 aromatic carbocycles. The van der Waals surface area contributed by atoms with Crippen molar-refractivity contribution in [1.29, 1.82) is 0 Å². The van der Waals surface area contributed by atoms with Crippen LogP contribution in [-0.2, 0) is 19.1 Å². The molecule has 0 unspecified atom stereocenters. The van der Waals surface area contributed by atoms with E-state index in [1.54, 1.807) is 0 Å². The van der Waals surface area contributed by atoms with Crippen LogP contribution in [0.5, 0.6) is 0 Å². The minimum atomic E-state index is -4.87. The van der Waals surface area contributed by atoms with Gasteiger partial charge >= 0.3 is 18.1 Å². The number of ether oxygens (including phenoxy) is 2. The SMILES string of the molecule is C=C(C(=O)OCC(=O)OC1(CC)C2CC3CC(C2)CC1C3)C(F)(F)F. The summed E-state index contributed by atoms with van der Waals surface area (Å²) in [5.74, 6) is -0.405. The zero-order valence-corrected chi connectivity index (χ0v) is 14.2. The normalized spacial score (nSPS) is 36.2. The first-order valence-electron chi connectivity index (χ1n) is 8.80. The largest absolute Gasteiger partial charge is 0.456 e. The highest BCUT2D eigenvalue weighted by molar-refractivity contribution is 5.90. The van der Waals surface area contributed by atoms with Crippen molar-refractivity contribution in [3.63, 3.8) is 0 Å². The molecule has 4 fully saturated rings. The maximum absolute atomic E-state index is 12.4. The van der Waals surface area contributed by atoms with Crippen LogP contribution in [-0.4, -0.2) is 30.3 Å². The Morgan fingerprint density at radius 2 is 1.60 bits per heavy atom. The number of alkyl halides is 3. The Labute approximate surface area is 144 Å². The minimum Gasteiger partial charge on any atom is -0.456 e. The van der Waals surface area contributed by atoms with Crippen molar-refractivity contribution in [2.45, 2.75) is 57.2 Å². The molecule has 0 aliphatic heterocycles. The van der Waals surface area contributed by atoms with E-state index in [-0.39, 0.29) is 0 Å². The van der Waals surface area contributed by atoms with E-state index in [1.165, 1.54) is 6.42 Å². The van der Waals surface area contributed by atoms with Crippen molar-refractivity contribution < 1.29 is 32.2 Å². The predicted molar refractivity (Wildman–Crippen MR) is 82.3 cm³/mol. The van der Waals surface area contributed by atoms with E-state index in [4.69, 9.17) is 4.74 Å². The molecular formula is C18H23F3O4. The van der Waals surface area contributed by atoms with Crippen LogP contribution < -0.4 is 0 Å². The zero-order valence-electron chi connectivity index (χ0n) is 14.2. The molecule has 0 radical (unpaired) electrons. The summed E-state index contributed by atoms with van der Waals surface area (Å²) in [4.78, 5) is 23.5. The highest BCUT2D eigenvalue weighted by atomic mass is 19.4. The number of hydrogen-bond donors (Lipinski definition) is 0. The summed E-state index contributed by atoms with van der Waals surface area (Å²) in [6, 6.07) is 0. The second-order valence-electron chi connectivity index (χ2n) is 7.64. The van der Waals surface area contributed by atoms with Gasteiger partial charge in [0.1, 0.15) is 11.2 Å². The summed E-state index contributed by atoms with van der Waals surface area (Å²) in [7, 11) is 0. The molecule has 0 atom stereocenters. The highest BCUT2D eigenvalue weighted by Gasteiger charge is 2.58. The number of halogens is 3. The third-order valence-electron chi connectivity index (χ3n) is 6.29. The van der Waals surface area contributed by atoms with Crippen molar-refractivity contribution >= 4 is 11.9 Å². The zero-order chi connectivity index (χ0) is 18.4. The number of carbonyl (C=O) groups excluding carboxylic acids is 2. The number of esters is 2. The van der Waals surface area contributed by atoms with Crippen LogP contribution in [0.4, 0.5) is 13.2 Å². The fourth-order valence-corrected chi connectivity index (χ4v) is 5.37. The maximum atomic E-state index is 12.4. The first-order valence-corrected chi connectivity index (χ1v) is 8.80. The van der Waals surface area contributed by atoms with Crippen molar-refractivity contribution in [3.8, 4) is 0 Å². The third-order valence-corrected chi connectivity index (χ3v) is 6.29. The van der Waals surface area contributed by atoms with Crippen LogP contribution in [0.2, 0.25) is 0 Å². The van der Waals surface area contributed by atoms with Gasteiger partial charge in [0.2, 0.25) is 0 Å². The van der Waals surface area contributed by atoms with Crippen LogP contribution in [0.3, 0.4) is 0 Å². The number of hydrogen-bond acceptors (Lipinski definition) is 4. The molecule has 0 aromatic rings. The molecule has 0 amide bonds. The molecule has 0 heterocycles. The summed E-state index contributed by atoms with van der Waals surface area (Å²) in [6.07, 6.45) is 1.23. The summed E-state index contributed by atoms with van der Waals surface area (Å²) < 4.78 is 47.4. The van der Waals surface area contributed by atoms with Gasteiger partial charge in [0, 0.05) is 0 Å². The molecule has 4 aliphatic rings. The Bertz CT molecular complexity index is 553. The van der Waals surface area contributed by atoms with Crippen molar-refractivity contribution in [2.24, 2.45) is 23.7 Å². The number of carbonyl (C=O) groups is 2. The second-order valence-corrected chi connectivity index (χ2v) is 7.64. The maximum Gasteiger partial charge on any atom is 0.422 e. The Morgan fingerprint density at radius 3 is 2.04 bits per heavy atom. The molecule has 0 aromatic heterocycles. The van der Waals surface area contributed by atoms with Crippen molar-refractivity contribution in [3.05, 3.63) is 12.2 Å². The smallest absolute Gasteiger partial charge is 0.422 e. The van der Waals surface area contributed by atoms with E-state index in [0.717, 1.165) is 25.7 Å². The van der Waals surface area contributed by atoms with Crippen molar-refractivity contribution in [2.75, 3.05) is 6.61 Å². The van der Waals surface area contributed by atoms with Gasteiger partial charge in [-0.05, 0) is 62.2 Å². The van der Waals surface area contributed by atoms with Crippen molar-refractivity contribution in [1.82, 2.24) is 0 Å². The van der Waals surface area contributed by atoms with Gasteiger partial charge in [-0.2, -0.15) is 13.2 Å². The van der Waals surface area contributed by atoms with Gasteiger partial charge in [-0.1, -0.05) is 13.5 Å². The Morgan fingerprint density at radius 1 is 1.08 bits per heavy atom. The van der Waals surface area contributed by atoms with Crippen LogP contribution in [0.25, 0.3) is 0 Å². The minimum absolute atomic E-state index is 0.304. The average Bonchev–Trinajstić information content (AvgIpc) is 2.54. The molecule has 4 aliphatic carbocycles. The fraction of sp³-hybridized carbons (Fsp3) is 0.778. The summed E-state index contributed by atoms with van der Waals surface area (Å²) >= 11 is 0. The van der Waals surface area contributed by atoms with Gasteiger partial charge in [0.15, 0.2) is 6.61 Å². The van der Waals surface area contributed by atoms with Crippen LogP contribution in [0, 0.1) is 23.7 Å². The predicted octanol–water partition coefficient (Wildman–Crippen LogP) is 3.80. The van der Waals surface area contributed by atoms with Gasteiger partial charge in [-0.15, -0.1) is 0 Å². The molecular weight excluding hydrogens is 337 g/mol. The monoisotopic (exact) mass is 360 g/mol. The number of rotatable bonds is 5. The lowest BCUT2D eigenvalue weighted by molar-refractivity contribution is -0.214. The van der Waals surface area contributed by atoms with Gasteiger partial charge in [0.05, 0.1) is 0 Å². The Kier molecular flexibility index (Phi) is 4.62. The summed E-state index contributed by atoms with van der Waals surface area (Å²) in [5.41, 5.74) is -2.18. The molecule has 4 saturated carbocycles. The van der Waals surface area contributed by atoms with E-state index in [9.17, 15) is 22.8 Å². The molecule has 25 heavy (non-hydrogen) atoms. The average molecular weight is 360 g/mol. The highest BCUT2D eigenvalue weighted by Crippen LogP contribution is 2.60. The first kappa shape index (κ1) is 18.3. The lowest BCUT2D eigenvalue weighted by Crippen LogP contribution is -2.59. The lowest BCUT2D eigenvalue weighted by atomic mass is 9.49. The molecule has 140 valence electrons. The molecule has 7 heteroatoms. The summed E-state index contributed by atoms with van der Waals surface area (Å²) in [6.45, 7) is 3.82. The van der Waals surface area contributed by atoms with Crippen LogP contribution in [0.15, 0.2) is 12.2 Å². The molecule has 4 bridgehead atoms. The third kappa shape index (κ3) is 3.29. The molecule has 0 N–H and O–H groups in total. The van der Waals surface area contributed by atoms with E-state index in [2.05, 4.69) is 11.3 Å². The van der Waals surface area contributed by atoms with E-state index in [0.29, 0.717) is 30.1 Å². The molecule has 4 rings (SSSR count). The van der Waals surface area contributed by atoms with Gasteiger partial charge < -0.3 is 9.47 Å². The van der Waals surface area contributed by atoms with E-state index in [1.807, 2.05) is 6.92 Å². The molecule has 4 nitrogen and oxygen atoms in total. The van der Waals surface area contributed by atoms with E-state index >= 15 is 0 Å². The Hall–Kier alpha value is -1.53. The fourth-order valence-electron chi connectivity index (χ4n) is 5.37.